The molecule has 0 aromatic heterocycles. The van der Waals surface area contributed by atoms with Crippen LogP contribution >= 0.6 is 11.8 Å². The van der Waals surface area contributed by atoms with E-state index < -0.39 is 0 Å². The van der Waals surface area contributed by atoms with Crippen LogP contribution in [-0.2, 0) is 9.59 Å². The van der Waals surface area contributed by atoms with E-state index in [1.165, 1.54) is 0 Å². The maximum atomic E-state index is 12.6. The molecule has 1 atom stereocenters. The van der Waals surface area contributed by atoms with Crippen molar-refractivity contribution in [3.05, 3.63) is 54.1 Å². The molecule has 1 aliphatic carbocycles. The number of amides is 2. The van der Waals surface area contributed by atoms with Gasteiger partial charge in [0.25, 0.3) is 0 Å². The van der Waals surface area contributed by atoms with Gasteiger partial charge in [-0.2, -0.15) is 0 Å². The number of carbonyl (C=O) groups is 2. The van der Waals surface area contributed by atoms with E-state index in [2.05, 4.69) is 5.32 Å². The molecule has 2 fully saturated rings. The van der Waals surface area contributed by atoms with Crippen LogP contribution in [0.5, 0.6) is 5.75 Å². The Bertz CT molecular complexity index is 849. The lowest BCUT2D eigenvalue weighted by Crippen LogP contribution is -2.28. The first-order valence-corrected chi connectivity index (χ1v) is 10.3. The van der Waals surface area contributed by atoms with E-state index in [9.17, 15) is 9.59 Å². The largest absolute Gasteiger partial charge is 0.492 e. The normalized spacial score (nSPS) is 19.2. The number of nitrogens with one attached hydrogen (secondary N) is 1. The Morgan fingerprint density at radius 2 is 1.93 bits per heavy atom. The molecule has 5 nitrogen and oxygen atoms in total. The Labute approximate surface area is 163 Å². The van der Waals surface area contributed by atoms with Gasteiger partial charge in [-0.25, -0.2) is 0 Å². The molecule has 27 heavy (non-hydrogen) atoms. The monoisotopic (exact) mass is 382 g/mol. The first-order chi connectivity index (χ1) is 13.2. The van der Waals surface area contributed by atoms with Crippen molar-refractivity contribution in [1.29, 1.82) is 0 Å². The number of hydrogen-bond donors (Lipinski definition) is 1. The lowest BCUT2D eigenvalue weighted by atomic mass is 10.1. The van der Waals surface area contributed by atoms with Crippen LogP contribution in [0.1, 0.15) is 30.7 Å². The summed E-state index contributed by atoms with van der Waals surface area (Å²) < 4.78 is 5.72. The number of rotatable bonds is 6. The van der Waals surface area contributed by atoms with Crippen LogP contribution in [0.2, 0.25) is 0 Å². The van der Waals surface area contributed by atoms with Gasteiger partial charge in [-0.1, -0.05) is 24.3 Å². The molecule has 2 aromatic carbocycles. The van der Waals surface area contributed by atoms with Crippen molar-refractivity contribution in [2.24, 2.45) is 5.92 Å². The molecule has 1 saturated heterocycles. The second-order valence-electron chi connectivity index (χ2n) is 6.71. The van der Waals surface area contributed by atoms with Crippen molar-refractivity contribution in [1.82, 2.24) is 0 Å². The summed E-state index contributed by atoms with van der Waals surface area (Å²) in [6, 6.07) is 15.4. The molecular weight excluding hydrogens is 360 g/mol. The molecule has 2 aromatic rings. The van der Waals surface area contributed by atoms with Crippen molar-refractivity contribution in [2.45, 2.75) is 25.1 Å². The Morgan fingerprint density at radius 3 is 2.63 bits per heavy atom. The van der Waals surface area contributed by atoms with E-state index in [0.717, 1.165) is 29.8 Å². The van der Waals surface area contributed by atoms with Gasteiger partial charge in [0, 0.05) is 11.6 Å². The molecule has 1 heterocycles. The molecular formula is C21H22N2O3S. The summed E-state index contributed by atoms with van der Waals surface area (Å²) in [7, 11) is 0. The Hall–Kier alpha value is -2.47. The minimum Gasteiger partial charge on any atom is -0.492 e. The van der Waals surface area contributed by atoms with Crippen LogP contribution in [0.3, 0.4) is 0 Å². The predicted molar refractivity (Wildman–Crippen MR) is 108 cm³/mol. The lowest BCUT2D eigenvalue weighted by molar-refractivity contribution is -0.117. The number of nitrogens with zero attached hydrogens (tertiary/aromatic N) is 1. The standard InChI is InChI=1S/C21H22N2O3S/c1-2-26-18-6-4-3-5-17(18)23-19(24)13-27-21(23)15-9-11-16(12-10-15)22-20(25)14-7-8-14/h3-6,9-12,14,21H,2,7-8,13H2,1H3,(H,22,25)/t21-/m1/s1. The Balaban J connectivity index is 1.57. The third-order valence-corrected chi connectivity index (χ3v) is 5.92. The molecule has 0 bridgehead atoms. The highest BCUT2D eigenvalue weighted by Gasteiger charge is 2.35. The minimum atomic E-state index is -0.104. The average Bonchev–Trinajstić information content (AvgIpc) is 3.46. The highest BCUT2D eigenvalue weighted by atomic mass is 32.2. The van der Waals surface area contributed by atoms with Gasteiger partial charge in [0.2, 0.25) is 11.8 Å². The van der Waals surface area contributed by atoms with E-state index in [4.69, 9.17) is 4.74 Å². The molecule has 1 N–H and O–H groups in total. The molecule has 140 valence electrons. The van der Waals surface area contributed by atoms with Gasteiger partial charge in [-0.05, 0) is 49.6 Å². The maximum absolute atomic E-state index is 12.6. The first-order valence-electron chi connectivity index (χ1n) is 9.23. The fraction of sp³-hybridized carbons (Fsp3) is 0.333. The van der Waals surface area contributed by atoms with Gasteiger partial charge in [-0.3, -0.25) is 14.5 Å². The van der Waals surface area contributed by atoms with Gasteiger partial charge < -0.3 is 10.1 Å². The zero-order valence-electron chi connectivity index (χ0n) is 15.2. The van der Waals surface area contributed by atoms with E-state index in [0.29, 0.717) is 18.1 Å². The van der Waals surface area contributed by atoms with Crippen molar-refractivity contribution in [2.75, 3.05) is 22.6 Å². The summed E-state index contributed by atoms with van der Waals surface area (Å²) in [5, 5.41) is 2.85. The number of anilines is 2. The minimum absolute atomic E-state index is 0.0725. The third kappa shape index (κ3) is 3.81. The van der Waals surface area contributed by atoms with Crippen molar-refractivity contribution in [3.63, 3.8) is 0 Å². The average molecular weight is 382 g/mol. The number of benzene rings is 2. The Morgan fingerprint density at radius 1 is 1.19 bits per heavy atom. The number of para-hydroxylation sites is 2. The Kier molecular flexibility index (Phi) is 5.07. The van der Waals surface area contributed by atoms with Gasteiger partial charge in [0.1, 0.15) is 11.1 Å². The van der Waals surface area contributed by atoms with Crippen LogP contribution in [0.4, 0.5) is 11.4 Å². The summed E-state index contributed by atoms with van der Waals surface area (Å²) >= 11 is 1.60. The lowest BCUT2D eigenvalue weighted by Gasteiger charge is -2.26. The second kappa shape index (κ2) is 7.64. The van der Waals surface area contributed by atoms with Gasteiger partial charge in [0.15, 0.2) is 0 Å². The smallest absolute Gasteiger partial charge is 0.238 e. The predicted octanol–water partition coefficient (Wildman–Crippen LogP) is 4.21. The molecule has 2 amide bonds. The van der Waals surface area contributed by atoms with E-state index in [1.807, 2.05) is 60.4 Å². The van der Waals surface area contributed by atoms with E-state index >= 15 is 0 Å². The van der Waals surface area contributed by atoms with Gasteiger partial charge >= 0.3 is 0 Å². The first kappa shape index (κ1) is 17.9. The van der Waals surface area contributed by atoms with E-state index in [-0.39, 0.29) is 23.1 Å². The summed E-state index contributed by atoms with van der Waals surface area (Å²) in [5.41, 5.74) is 2.62. The molecule has 6 heteroatoms. The van der Waals surface area contributed by atoms with Crippen LogP contribution in [0.15, 0.2) is 48.5 Å². The van der Waals surface area contributed by atoms with Crippen LogP contribution < -0.4 is 15.0 Å². The topological polar surface area (TPSA) is 58.6 Å². The summed E-state index contributed by atoms with van der Waals surface area (Å²) in [5.74, 6) is 1.50. The van der Waals surface area contributed by atoms with Crippen LogP contribution in [0, 0.1) is 5.92 Å². The molecule has 0 unspecified atom stereocenters. The maximum Gasteiger partial charge on any atom is 0.238 e. The summed E-state index contributed by atoms with van der Waals surface area (Å²) in [4.78, 5) is 26.3. The zero-order valence-corrected chi connectivity index (χ0v) is 16.0. The molecule has 0 spiro atoms. The molecule has 0 radical (unpaired) electrons. The number of ether oxygens (including phenoxy) is 1. The number of thioether (sulfide) groups is 1. The molecule has 4 rings (SSSR count). The van der Waals surface area contributed by atoms with Crippen LogP contribution in [0.25, 0.3) is 0 Å². The number of hydrogen-bond acceptors (Lipinski definition) is 4. The highest BCUT2D eigenvalue weighted by Crippen LogP contribution is 2.45. The SMILES string of the molecule is CCOc1ccccc1N1C(=O)CS[C@@H]1c1ccc(NC(=O)C2CC2)cc1. The van der Waals surface area contributed by atoms with Crippen molar-refractivity contribution < 1.29 is 14.3 Å². The third-order valence-electron chi connectivity index (χ3n) is 4.70. The van der Waals surface area contributed by atoms with Crippen LogP contribution in [-0.4, -0.2) is 24.2 Å². The molecule has 1 aliphatic heterocycles. The molecule has 2 aliphatic rings. The summed E-state index contributed by atoms with van der Waals surface area (Å²) in [6.07, 6.45) is 1.97. The number of carbonyl (C=O) groups excluding carboxylic acids is 2. The quantitative estimate of drug-likeness (QED) is 0.813. The highest BCUT2D eigenvalue weighted by molar-refractivity contribution is 8.00. The fourth-order valence-corrected chi connectivity index (χ4v) is 4.36. The summed E-state index contributed by atoms with van der Waals surface area (Å²) in [6.45, 7) is 2.48. The van der Waals surface area contributed by atoms with Crippen molar-refractivity contribution >= 4 is 35.0 Å². The van der Waals surface area contributed by atoms with Gasteiger partial charge in [-0.15, -0.1) is 11.8 Å². The second-order valence-corrected chi connectivity index (χ2v) is 7.78. The van der Waals surface area contributed by atoms with Crippen molar-refractivity contribution in [3.8, 4) is 5.75 Å². The van der Waals surface area contributed by atoms with E-state index in [1.54, 1.807) is 11.8 Å². The van der Waals surface area contributed by atoms with Gasteiger partial charge in [0.05, 0.1) is 18.0 Å². The fourth-order valence-electron chi connectivity index (χ4n) is 3.19. The molecule has 1 saturated carbocycles. The zero-order chi connectivity index (χ0) is 18.8.